The molecular weight excluding hydrogens is 382 g/mol. The van der Waals surface area contributed by atoms with Gasteiger partial charge in [-0.1, -0.05) is 0 Å². The smallest absolute Gasteiger partial charge is 0.223 e. The number of nitrogens with two attached hydrogens (primary N) is 1. The van der Waals surface area contributed by atoms with Crippen molar-refractivity contribution in [1.82, 2.24) is 29.5 Å². The minimum absolute atomic E-state index is 0.222. The lowest BCUT2D eigenvalue weighted by Gasteiger charge is -2.32. The molecule has 9 heteroatoms. The highest BCUT2D eigenvalue weighted by Gasteiger charge is 2.36. The first-order valence-corrected chi connectivity index (χ1v) is 9.88. The van der Waals surface area contributed by atoms with Crippen LogP contribution in [0.1, 0.15) is 55.7 Å². The van der Waals surface area contributed by atoms with Crippen LogP contribution < -0.4 is 10.5 Å². The summed E-state index contributed by atoms with van der Waals surface area (Å²) < 4.78 is 6.88. The number of aromatic nitrogens is 6. The Morgan fingerprint density at radius 2 is 1.80 bits per heavy atom. The van der Waals surface area contributed by atoms with E-state index in [-0.39, 0.29) is 11.8 Å². The van der Waals surface area contributed by atoms with Crippen LogP contribution in [-0.4, -0.2) is 41.8 Å². The topological polar surface area (TPSA) is 124 Å². The Bertz CT molecular complexity index is 1240. The van der Waals surface area contributed by atoms with Gasteiger partial charge >= 0.3 is 0 Å². The van der Waals surface area contributed by atoms with Crippen LogP contribution in [0.15, 0.2) is 30.6 Å². The Morgan fingerprint density at radius 1 is 1.10 bits per heavy atom. The van der Waals surface area contributed by atoms with Crippen LogP contribution in [0.3, 0.4) is 0 Å². The van der Waals surface area contributed by atoms with E-state index in [0.717, 1.165) is 41.1 Å². The highest BCUT2D eigenvalue weighted by atomic mass is 16.5. The van der Waals surface area contributed by atoms with Crippen molar-refractivity contribution in [1.29, 1.82) is 0 Å². The van der Waals surface area contributed by atoms with Crippen molar-refractivity contribution in [2.75, 3.05) is 12.8 Å². The van der Waals surface area contributed by atoms with Crippen molar-refractivity contribution in [3.8, 4) is 5.75 Å². The first-order valence-electron chi connectivity index (χ1n) is 9.88. The second-order valence-electron chi connectivity index (χ2n) is 8.31. The SMILES string of the molecule is COc1ccc2c(c1)nc(N)n1nc([C@H]3C[C@@H](c4ncc(C(C)(C)O)cn4)C3)nc21. The number of fused-ring (bicyclic) bond motifs is 3. The van der Waals surface area contributed by atoms with Crippen LogP contribution >= 0.6 is 0 Å². The fraction of sp³-hybridized carbons (Fsp3) is 0.381. The summed E-state index contributed by atoms with van der Waals surface area (Å²) in [6.07, 6.45) is 5.15. The molecule has 0 bridgehead atoms. The highest BCUT2D eigenvalue weighted by molar-refractivity contribution is 5.93. The van der Waals surface area contributed by atoms with Crippen LogP contribution in [0.25, 0.3) is 16.6 Å². The molecule has 9 nitrogen and oxygen atoms in total. The Kier molecular flexibility index (Phi) is 4.11. The zero-order valence-corrected chi connectivity index (χ0v) is 17.1. The van der Waals surface area contributed by atoms with E-state index in [4.69, 9.17) is 15.5 Å². The Hall–Kier alpha value is -3.33. The van der Waals surface area contributed by atoms with Gasteiger partial charge in [-0.2, -0.15) is 4.52 Å². The van der Waals surface area contributed by atoms with E-state index in [2.05, 4.69) is 20.1 Å². The van der Waals surface area contributed by atoms with Crippen LogP contribution in [0.5, 0.6) is 5.75 Å². The predicted octanol–water partition coefficient (Wildman–Crippen LogP) is 2.55. The molecule has 0 unspecified atom stereocenters. The maximum Gasteiger partial charge on any atom is 0.223 e. The molecule has 3 aromatic heterocycles. The van der Waals surface area contributed by atoms with Gasteiger partial charge in [0.1, 0.15) is 11.6 Å². The van der Waals surface area contributed by atoms with Gasteiger partial charge in [0, 0.05) is 41.2 Å². The number of aliphatic hydroxyl groups is 1. The molecular formula is C21H23N7O2. The number of nitrogens with zero attached hydrogens (tertiary/aromatic N) is 6. The van der Waals surface area contributed by atoms with E-state index in [1.807, 2.05) is 18.2 Å². The largest absolute Gasteiger partial charge is 0.497 e. The lowest BCUT2D eigenvalue weighted by molar-refractivity contribution is 0.0776. The molecule has 0 aliphatic heterocycles. The minimum Gasteiger partial charge on any atom is -0.497 e. The van der Waals surface area contributed by atoms with E-state index in [0.29, 0.717) is 17.2 Å². The zero-order valence-electron chi connectivity index (χ0n) is 17.1. The van der Waals surface area contributed by atoms with Gasteiger partial charge in [0.05, 0.1) is 18.2 Å². The van der Waals surface area contributed by atoms with Crippen molar-refractivity contribution < 1.29 is 9.84 Å². The average Bonchev–Trinajstić information content (AvgIpc) is 3.12. The number of hydrogen-bond acceptors (Lipinski definition) is 8. The third-order valence-corrected chi connectivity index (χ3v) is 5.77. The number of methoxy groups -OCH3 is 1. The summed E-state index contributed by atoms with van der Waals surface area (Å²) in [4.78, 5) is 18.1. The van der Waals surface area contributed by atoms with Gasteiger partial charge in [-0.3, -0.25) is 0 Å². The minimum atomic E-state index is -0.943. The molecule has 3 heterocycles. The molecule has 0 atom stereocenters. The van der Waals surface area contributed by atoms with Gasteiger partial charge < -0.3 is 15.6 Å². The normalized spacial score (nSPS) is 19.2. The summed E-state index contributed by atoms with van der Waals surface area (Å²) in [7, 11) is 1.62. The first-order chi connectivity index (χ1) is 14.3. The second kappa shape index (κ2) is 6.60. The first kappa shape index (κ1) is 18.7. The van der Waals surface area contributed by atoms with E-state index in [9.17, 15) is 5.11 Å². The molecule has 1 fully saturated rings. The van der Waals surface area contributed by atoms with E-state index < -0.39 is 5.60 Å². The molecule has 1 aliphatic carbocycles. The van der Waals surface area contributed by atoms with Crippen molar-refractivity contribution >= 4 is 22.5 Å². The molecule has 5 rings (SSSR count). The number of anilines is 1. The summed E-state index contributed by atoms with van der Waals surface area (Å²) in [6.45, 7) is 3.44. The summed E-state index contributed by atoms with van der Waals surface area (Å²) in [5.74, 6) is 3.05. The van der Waals surface area contributed by atoms with Crippen LogP contribution in [0.2, 0.25) is 0 Å². The van der Waals surface area contributed by atoms with Crippen LogP contribution in [0.4, 0.5) is 5.95 Å². The van der Waals surface area contributed by atoms with Crippen LogP contribution in [0, 0.1) is 0 Å². The molecule has 30 heavy (non-hydrogen) atoms. The van der Waals surface area contributed by atoms with Crippen LogP contribution in [-0.2, 0) is 5.60 Å². The van der Waals surface area contributed by atoms with Gasteiger partial charge in [0.15, 0.2) is 11.5 Å². The van der Waals surface area contributed by atoms with E-state index in [1.165, 1.54) is 0 Å². The number of benzene rings is 1. The molecule has 1 saturated carbocycles. The molecule has 1 aliphatic rings. The van der Waals surface area contributed by atoms with Gasteiger partial charge in [-0.25, -0.2) is 19.9 Å². The fourth-order valence-electron chi connectivity index (χ4n) is 3.83. The molecule has 0 amide bonds. The quantitative estimate of drug-likeness (QED) is 0.531. The third kappa shape index (κ3) is 3.02. The van der Waals surface area contributed by atoms with Gasteiger partial charge in [-0.05, 0) is 38.8 Å². The van der Waals surface area contributed by atoms with Crippen molar-refractivity contribution in [3.05, 3.63) is 47.8 Å². The van der Waals surface area contributed by atoms with Crippen molar-refractivity contribution in [2.45, 2.75) is 44.1 Å². The molecule has 0 spiro atoms. The fourth-order valence-corrected chi connectivity index (χ4v) is 3.83. The number of ether oxygens (including phenoxy) is 1. The monoisotopic (exact) mass is 405 g/mol. The summed E-state index contributed by atoms with van der Waals surface area (Å²) in [6, 6.07) is 5.65. The van der Waals surface area contributed by atoms with Gasteiger partial charge in [0.2, 0.25) is 5.95 Å². The maximum absolute atomic E-state index is 10.1. The molecule has 1 aromatic carbocycles. The molecule has 4 aromatic rings. The molecule has 3 N–H and O–H groups in total. The Labute approximate surface area is 173 Å². The van der Waals surface area contributed by atoms with Gasteiger partial charge in [0.25, 0.3) is 0 Å². The standard InChI is InChI=1S/C21H23N7O2/c1-21(2,29)13-9-23-17(24-10-13)11-6-12(7-11)18-26-19-15-5-4-14(30-3)8-16(15)25-20(22)28(19)27-18/h4-5,8-12,29H,6-7H2,1-3H3,(H2,22,25)/t11-,12+. The zero-order chi connectivity index (χ0) is 21.0. The van der Waals surface area contributed by atoms with Gasteiger partial charge in [-0.15, -0.1) is 5.10 Å². The molecule has 0 radical (unpaired) electrons. The number of rotatable bonds is 4. The summed E-state index contributed by atoms with van der Waals surface area (Å²) in [5, 5.41) is 15.5. The molecule has 154 valence electrons. The number of hydrogen-bond donors (Lipinski definition) is 2. The average molecular weight is 405 g/mol. The molecule has 0 saturated heterocycles. The maximum atomic E-state index is 10.1. The predicted molar refractivity (Wildman–Crippen MR) is 111 cm³/mol. The Morgan fingerprint density at radius 3 is 2.47 bits per heavy atom. The van der Waals surface area contributed by atoms with Crippen molar-refractivity contribution in [2.24, 2.45) is 0 Å². The Balaban J connectivity index is 1.40. The lowest BCUT2D eigenvalue weighted by atomic mass is 9.74. The second-order valence-corrected chi connectivity index (χ2v) is 8.31. The highest BCUT2D eigenvalue weighted by Crippen LogP contribution is 2.45. The van der Waals surface area contributed by atoms with E-state index in [1.54, 1.807) is 37.9 Å². The summed E-state index contributed by atoms with van der Waals surface area (Å²) in [5.41, 5.74) is 7.31. The number of nitrogen functional groups attached to an aromatic ring is 1. The third-order valence-electron chi connectivity index (χ3n) is 5.77. The summed E-state index contributed by atoms with van der Waals surface area (Å²) >= 11 is 0. The lowest BCUT2D eigenvalue weighted by Crippen LogP contribution is -2.24. The van der Waals surface area contributed by atoms with Crippen molar-refractivity contribution in [3.63, 3.8) is 0 Å². The van der Waals surface area contributed by atoms with E-state index >= 15 is 0 Å².